The van der Waals surface area contributed by atoms with E-state index in [0.717, 1.165) is 0 Å². The molecule has 0 unspecified atom stereocenters. The normalized spacial score (nSPS) is 15.1. The van der Waals surface area contributed by atoms with Gasteiger partial charge in [0.05, 0.1) is 25.7 Å². The van der Waals surface area contributed by atoms with Crippen LogP contribution in [0.25, 0.3) is 0 Å². The summed E-state index contributed by atoms with van der Waals surface area (Å²) in [7, 11) is 0. The van der Waals surface area contributed by atoms with E-state index in [2.05, 4.69) is 0 Å². The Balaban J connectivity index is 5.03. The molecule has 0 spiro atoms. The van der Waals surface area contributed by atoms with E-state index in [-0.39, 0.29) is 0 Å². The molecule has 0 N–H and O–H groups in total. The predicted octanol–water partition coefficient (Wildman–Crippen LogP) is 7.82. The van der Waals surface area contributed by atoms with Crippen molar-refractivity contribution < 1.29 is 43.9 Å². The molecule has 0 aromatic carbocycles. The molecule has 0 aliphatic rings. The van der Waals surface area contributed by atoms with Crippen LogP contribution in [0.3, 0.4) is 0 Å². The zero-order valence-electron chi connectivity index (χ0n) is 15.7. The van der Waals surface area contributed by atoms with E-state index in [4.69, 9.17) is 0 Å². The van der Waals surface area contributed by atoms with Crippen molar-refractivity contribution in [2.75, 3.05) is 0 Å². The van der Waals surface area contributed by atoms with Gasteiger partial charge in [-0.2, -0.15) is 0 Å². The lowest BCUT2D eigenvalue weighted by Crippen LogP contribution is -2.40. The maximum Gasteiger partial charge on any atom is 0.259 e. The first-order valence-electron chi connectivity index (χ1n) is 8.55. The molecule has 0 aromatic rings. The number of rotatable bonds is 12. The van der Waals surface area contributed by atoms with Crippen LogP contribution in [0.5, 0.6) is 0 Å². The standard InChI is InChI=1S/C17H26F10/c1-11(2)5-13(18,19)7-15(22,23)9-17(26,27)10-16(24,25)8-14(20,21)6-12(3)4/h11-12H,5-10H2,1-4H3. The molecule has 27 heavy (non-hydrogen) atoms. The van der Waals surface area contributed by atoms with Gasteiger partial charge in [0.25, 0.3) is 29.6 Å². The number of hydrogen-bond acceptors (Lipinski definition) is 0. The van der Waals surface area contributed by atoms with Gasteiger partial charge in [0.15, 0.2) is 0 Å². The Bertz CT molecular complexity index is 415. The van der Waals surface area contributed by atoms with Crippen LogP contribution < -0.4 is 0 Å². The summed E-state index contributed by atoms with van der Waals surface area (Å²) in [4.78, 5) is 0. The number of halogens is 10. The summed E-state index contributed by atoms with van der Waals surface area (Å²) in [6, 6.07) is 0. The molecule has 0 heterocycles. The highest BCUT2D eigenvalue weighted by Gasteiger charge is 2.54. The molecule has 0 nitrogen and oxygen atoms in total. The fourth-order valence-corrected chi connectivity index (χ4v) is 3.04. The summed E-state index contributed by atoms with van der Waals surface area (Å²) in [5, 5.41) is 0. The lowest BCUT2D eigenvalue weighted by Gasteiger charge is -2.30. The summed E-state index contributed by atoms with van der Waals surface area (Å²) in [6.07, 6.45) is -11.5. The Kier molecular flexibility index (Phi) is 8.53. The molecule has 0 saturated heterocycles. The Morgan fingerprint density at radius 3 is 0.778 bits per heavy atom. The highest BCUT2D eigenvalue weighted by Crippen LogP contribution is 2.46. The summed E-state index contributed by atoms with van der Waals surface area (Å²) >= 11 is 0. The van der Waals surface area contributed by atoms with E-state index >= 15 is 0 Å². The Hall–Kier alpha value is -0.700. The Morgan fingerprint density at radius 2 is 0.593 bits per heavy atom. The van der Waals surface area contributed by atoms with Gasteiger partial charge in [-0.05, 0) is 11.8 Å². The lowest BCUT2D eigenvalue weighted by atomic mass is 9.92. The van der Waals surface area contributed by atoms with Crippen molar-refractivity contribution in [1.29, 1.82) is 0 Å². The minimum absolute atomic E-state index is 0.691. The quantitative estimate of drug-likeness (QED) is 0.282. The first-order chi connectivity index (χ1) is 11.7. The van der Waals surface area contributed by atoms with Crippen molar-refractivity contribution >= 4 is 0 Å². The van der Waals surface area contributed by atoms with E-state index in [9.17, 15) is 43.9 Å². The lowest BCUT2D eigenvalue weighted by molar-refractivity contribution is -0.194. The maximum absolute atomic E-state index is 13.6. The molecule has 164 valence electrons. The van der Waals surface area contributed by atoms with Gasteiger partial charge in [-0.3, -0.25) is 0 Å². The molecule has 0 bridgehead atoms. The Labute approximate surface area is 152 Å². The van der Waals surface area contributed by atoms with Gasteiger partial charge in [0, 0.05) is 12.8 Å². The summed E-state index contributed by atoms with van der Waals surface area (Å²) in [5.74, 6) is -23.3. The van der Waals surface area contributed by atoms with Crippen molar-refractivity contribution in [3.05, 3.63) is 0 Å². The molecule has 0 fully saturated rings. The van der Waals surface area contributed by atoms with Crippen LogP contribution >= 0.6 is 0 Å². The van der Waals surface area contributed by atoms with Gasteiger partial charge in [-0.25, -0.2) is 43.9 Å². The highest BCUT2D eigenvalue weighted by atomic mass is 19.3. The van der Waals surface area contributed by atoms with E-state index in [0.29, 0.717) is 0 Å². The van der Waals surface area contributed by atoms with Crippen LogP contribution in [0, 0.1) is 11.8 Å². The molecule has 10 heteroatoms. The third-order valence-electron chi connectivity index (χ3n) is 3.48. The molecule has 0 aliphatic carbocycles. The number of hydrogen-bond donors (Lipinski definition) is 0. The smallest absolute Gasteiger partial charge is 0.207 e. The maximum atomic E-state index is 13.6. The fourth-order valence-electron chi connectivity index (χ4n) is 3.04. The largest absolute Gasteiger partial charge is 0.259 e. The predicted molar refractivity (Wildman–Crippen MR) is 82.1 cm³/mol. The molecule has 0 aromatic heterocycles. The summed E-state index contributed by atoms with van der Waals surface area (Å²) in [5.41, 5.74) is 0. The van der Waals surface area contributed by atoms with Crippen LogP contribution in [0.15, 0.2) is 0 Å². The molecular formula is C17H26F10. The van der Waals surface area contributed by atoms with E-state index < -0.39 is 80.0 Å². The van der Waals surface area contributed by atoms with Crippen molar-refractivity contribution in [3.8, 4) is 0 Å². The molecule has 0 radical (unpaired) electrons. The van der Waals surface area contributed by atoms with Crippen molar-refractivity contribution in [1.82, 2.24) is 0 Å². The first kappa shape index (κ1) is 26.3. The minimum Gasteiger partial charge on any atom is -0.207 e. The first-order valence-corrected chi connectivity index (χ1v) is 8.55. The second-order valence-electron chi connectivity index (χ2n) is 8.18. The molecule has 0 amide bonds. The van der Waals surface area contributed by atoms with Crippen LogP contribution in [0.4, 0.5) is 43.9 Å². The van der Waals surface area contributed by atoms with Gasteiger partial charge >= 0.3 is 0 Å². The van der Waals surface area contributed by atoms with Crippen LogP contribution in [0.1, 0.15) is 66.2 Å². The second-order valence-corrected chi connectivity index (χ2v) is 8.18. The average Bonchev–Trinajstić information content (AvgIpc) is 2.14. The molecule has 0 atom stereocenters. The minimum atomic E-state index is -4.78. The van der Waals surface area contributed by atoms with Gasteiger partial charge in [-0.15, -0.1) is 0 Å². The monoisotopic (exact) mass is 420 g/mol. The fraction of sp³-hybridized carbons (Fsp3) is 1.00. The van der Waals surface area contributed by atoms with Crippen molar-refractivity contribution in [3.63, 3.8) is 0 Å². The summed E-state index contributed by atoms with van der Waals surface area (Å²) < 4.78 is 135. The van der Waals surface area contributed by atoms with Crippen LogP contribution in [-0.4, -0.2) is 29.6 Å². The zero-order chi connectivity index (χ0) is 21.9. The van der Waals surface area contributed by atoms with Gasteiger partial charge in [-0.1, -0.05) is 27.7 Å². The SMILES string of the molecule is CC(C)CC(F)(F)CC(F)(F)CC(F)(F)CC(F)(F)CC(F)(F)CC(C)C. The van der Waals surface area contributed by atoms with E-state index in [1.54, 1.807) is 0 Å². The van der Waals surface area contributed by atoms with Crippen molar-refractivity contribution in [2.45, 2.75) is 95.8 Å². The van der Waals surface area contributed by atoms with Crippen LogP contribution in [0.2, 0.25) is 0 Å². The van der Waals surface area contributed by atoms with E-state index in [1.807, 2.05) is 0 Å². The molecule has 0 rings (SSSR count). The van der Waals surface area contributed by atoms with E-state index in [1.165, 1.54) is 27.7 Å². The summed E-state index contributed by atoms with van der Waals surface area (Å²) in [6.45, 7) is 5.27. The topological polar surface area (TPSA) is 0 Å². The van der Waals surface area contributed by atoms with Crippen LogP contribution in [-0.2, 0) is 0 Å². The third kappa shape index (κ3) is 12.4. The van der Waals surface area contributed by atoms with Gasteiger partial charge < -0.3 is 0 Å². The highest BCUT2D eigenvalue weighted by molar-refractivity contribution is 4.88. The average molecular weight is 420 g/mol. The third-order valence-corrected chi connectivity index (χ3v) is 3.48. The second kappa shape index (κ2) is 8.76. The zero-order valence-corrected chi connectivity index (χ0v) is 15.7. The molecular weight excluding hydrogens is 394 g/mol. The van der Waals surface area contributed by atoms with Crippen molar-refractivity contribution in [2.24, 2.45) is 11.8 Å². The Morgan fingerprint density at radius 1 is 0.407 bits per heavy atom. The molecule has 0 aliphatic heterocycles. The number of alkyl halides is 10. The van der Waals surface area contributed by atoms with Gasteiger partial charge in [0.2, 0.25) is 0 Å². The molecule has 0 saturated carbocycles. The van der Waals surface area contributed by atoms with Gasteiger partial charge in [0.1, 0.15) is 0 Å².